The molecule has 0 saturated heterocycles. The molecule has 31 heteroatoms. The molecule has 0 aromatic carbocycles. The minimum atomic E-state index is -1.99. The molecule has 0 saturated carbocycles. The van der Waals surface area contributed by atoms with Crippen molar-refractivity contribution in [1.82, 2.24) is 72.8 Å². The molecule has 3 atom stereocenters. The van der Waals surface area contributed by atoms with Crippen molar-refractivity contribution >= 4 is 87.5 Å². The molecule has 5 aromatic heterocycles. The van der Waals surface area contributed by atoms with Gasteiger partial charge in [-0.1, -0.05) is 45.5 Å². The molecule has 6 rings (SSSR count). The van der Waals surface area contributed by atoms with E-state index in [9.17, 15) is 58.2 Å². The predicted molar refractivity (Wildman–Crippen MR) is 282 cm³/mol. The lowest BCUT2D eigenvalue weighted by Crippen LogP contribution is -2.58. The van der Waals surface area contributed by atoms with E-state index in [2.05, 4.69) is 112 Å². The van der Waals surface area contributed by atoms with Crippen LogP contribution in [0.25, 0.3) is 39.1 Å². The molecule has 8 bridgehead atoms. The number of oxazole rings is 3. The number of nitrogens with two attached hydrogens (primary N) is 1. The lowest BCUT2D eigenvalue weighted by molar-refractivity contribution is -0.132. The van der Waals surface area contributed by atoms with Crippen LogP contribution in [0.3, 0.4) is 0 Å². The van der Waals surface area contributed by atoms with Crippen molar-refractivity contribution in [1.29, 1.82) is 0 Å². The summed E-state index contributed by atoms with van der Waals surface area (Å²) in [5.74, 6) is -11.7. The number of pyridine rings is 1. The summed E-state index contributed by atoms with van der Waals surface area (Å²) in [6, 6.07) is -0.900. The second-order valence-electron chi connectivity index (χ2n) is 17.6. The average molecular weight is 1130 g/mol. The van der Waals surface area contributed by atoms with Crippen LogP contribution in [0.1, 0.15) is 93.1 Å². The highest BCUT2D eigenvalue weighted by Gasteiger charge is 2.37. The first-order valence-electron chi connectivity index (χ1n) is 23.1. The van der Waals surface area contributed by atoms with E-state index in [1.165, 1.54) is 58.2 Å². The number of carbonyl (C=O) groups excluding carboxylic acids is 10. The molecule has 81 heavy (non-hydrogen) atoms. The molecule has 30 nitrogen and oxygen atoms in total. The Morgan fingerprint density at radius 3 is 1.99 bits per heavy atom. The van der Waals surface area contributed by atoms with Crippen LogP contribution < -0.4 is 53.6 Å². The molecule has 10 amide bonds. The Morgan fingerprint density at radius 1 is 0.716 bits per heavy atom. The second kappa shape index (κ2) is 24.3. The highest BCUT2D eigenvalue weighted by atomic mass is 32.1. The number of rotatable bonds is 7. The molecule has 0 radical (unpaired) electrons. The number of primary amides is 1. The normalized spacial score (nSPS) is 17.3. The molecule has 3 unspecified atom stereocenters. The first kappa shape index (κ1) is 59.5. The molecular weight excluding hydrogens is 1080 g/mol. The summed E-state index contributed by atoms with van der Waals surface area (Å²) in [5.41, 5.74) is -1.59. The summed E-state index contributed by atoms with van der Waals surface area (Å²) in [5, 5.41) is 43.5. The Kier molecular flexibility index (Phi) is 17.8. The highest BCUT2D eigenvalue weighted by Crippen LogP contribution is 2.33. The Balaban J connectivity index is 1.36. The van der Waals surface area contributed by atoms with Gasteiger partial charge in [-0.15, -0.1) is 11.3 Å². The van der Waals surface area contributed by atoms with E-state index in [1.54, 1.807) is 0 Å². The maximum absolute atomic E-state index is 13.8. The van der Waals surface area contributed by atoms with Gasteiger partial charge >= 0.3 is 0 Å². The molecule has 5 aromatic rings. The van der Waals surface area contributed by atoms with E-state index in [4.69, 9.17) is 19.0 Å². The van der Waals surface area contributed by atoms with Crippen molar-refractivity contribution in [3.63, 3.8) is 0 Å². The smallest absolute Gasteiger partial charge is 0.278 e. The standard InChI is InChI=1S/C50H49N15O15S/c1-12-27-48-61-30(16-79-48)41(72)54-21(5)39(70)65-35(50(10,11)77)45(76)57-23(7)47-64-33(25(9)80-47)44(75)55-20(4)38(69)56-22(6)46-60-29(15-78-46)34-26(49-62-31(17-81-49)42(73)63-32(24(8)66)43(74)59-27)13-14-28(58-34)40(71)53-19(3)37(68)52-18(2)36(51)67/h12-17,24,32,35,66,77H,2-7H2,1,8-11H3,(H2,51,67)(H,52,68)(H,53,71)(H,54,72)(H,55,75)(H,56,69)(H,57,76)(H,59,74)(H,63,73)(H,65,70)/b27-12-. The summed E-state index contributed by atoms with van der Waals surface area (Å²) >= 11 is 0.882. The molecule has 1 aliphatic heterocycles. The van der Waals surface area contributed by atoms with Crippen LogP contribution >= 0.6 is 11.3 Å². The van der Waals surface area contributed by atoms with Crippen LogP contribution in [-0.4, -0.2) is 118 Å². The summed E-state index contributed by atoms with van der Waals surface area (Å²) in [6.45, 7) is 27.7. The lowest BCUT2D eigenvalue weighted by Gasteiger charge is -2.29. The van der Waals surface area contributed by atoms with Gasteiger partial charge in [-0.2, -0.15) is 0 Å². The van der Waals surface area contributed by atoms with Crippen molar-refractivity contribution < 1.29 is 71.4 Å². The highest BCUT2D eigenvalue weighted by molar-refractivity contribution is 7.13. The molecule has 0 spiro atoms. The molecule has 1 aliphatic rings. The number of carbonyl (C=O) groups is 10. The fraction of sp³-hybridized carbons (Fsp3) is 0.180. The Morgan fingerprint density at radius 2 is 1.33 bits per heavy atom. The molecule has 13 N–H and O–H groups in total. The minimum Gasteiger partial charge on any atom is -0.443 e. The van der Waals surface area contributed by atoms with Crippen molar-refractivity contribution in [2.75, 3.05) is 0 Å². The number of nitrogens with zero attached hydrogens (tertiary/aromatic N) is 5. The van der Waals surface area contributed by atoms with Crippen LogP contribution in [0.5, 0.6) is 0 Å². The molecule has 6 heterocycles. The second-order valence-corrected chi connectivity index (χ2v) is 18.4. The van der Waals surface area contributed by atoms with E-state index in [-0.39, 0.29) is 68.0 Å². The van der Waals surface area contributed by atoms with Gasteiger partial charge in [0.25, 0.3) is 47.3 Å². The molecular formula is C50H49N15O15S. The van der Waals surface area contributed by atoms with Gasteiger partial charge in [-0.05, 0) is 46.8 Å². The van der Waals surface area contributed by atoms with E-state index in [1.807, 2.05) is 0 Å². The maximum Gasteiger partial charge on any atom is 0.278 e. The number of aliphatic hydroxyl groups is 2. The van der Waals surface area contributed by atoms with Gasteiger partial charge in [-0.25, -0.2) is 24.9 Å². The largest absolute Gasteiger partial charge is 0.443 e. The summed E-state index contributed by atoms with van der Waals surface area (Å²) in [7, 11) is 0. The van der Waals surface area contributed by atoms with Gasteiger partial charge in [-0.3, -0.25) is 47.9 Å². The zero-order valence-electron chi connectivity index (χ0n) is 43.4. The Bertz CT molecular complexity index is 3610. The summed E-state index contributed by atoms with van der Waals surface area (Å²) < 4.78 is 16.6. The number of aromatic nitrogens is 5. The third-order valence-corrected chi connectivity index (χ3v) is 11.8. The van der Waals surface area contributed by atoms with Crippen molar-refractivity contribution in [3.05, 3.63) is 145 Å². The van der Waals surface area contributed by atoms with Gasteiger partial charge in [0.1, 0.15) is 58.2 Å². The third kappa shape index (κ3) is 14.0. The number of hydrogen-bond donors (Lipinski definition) is 12. The Labute approximate surface area is 460 Å². The number of allylic oxidation sites excluding steroid dienone is 1. The van der Waals surface area contributed by atoms with Crippen LogP contribution in [0.4, 0.5) is 0 Å². The van der Waals surface area contributed by atoms with Crippen LogP contribution in [0.2, 0.25) is 0 Å². The van der Waals surface area contributed by atoms with Crippen LogP contribution in [0.15, 0.2) is 112 Å². The minimum absolute atomic E-state index is 0.0591. The quantitative estimate of drug-likeness (QED) is 0.0938. The van der Waals surface area contributed by atoms with E-state index >= 15 is 0 Å². The van der Waals surface area contributed by atoms with E-state index in [0.717, 1.165) is 23.9 Å². The van der Waals surface area contributed by atoms with Crippen molar-refractivity contribution in [3.8, 4) is 22.0 Å². The topological polar surface area (TPSA) is 449 Å². The maximum atomic E-state index is 13.8. The molecule has 420 valence electrons. The van der Waals surface area contributed by atoms with Crippen molar-refractivity contribution in [2.24, 2.45) is 5.73 Å². The van der Waals surface area contributed by atoms with Gasteiger partial charge in [0.15, 0.2) is 11.4 Å². The van der Waals surface area contributed by atoms with E-state index < -0.39 is 123 Å². The number of fused-ring (bicyclic) bond motifs is 11. The summed E-state index contributed by atoms with van der Waals surface area (Å²) in [4.78, 5) is 153. The summed E-state index contributed by atoms with van der Waals surface area (Å²) in [6.07, 6.45) is 1.68. The first-order valence-corrected chi connectivity index (χ1v) is 24.0. The lowest BCUT2D eigenvalue weighted by atomic mass is 9.97. The van der Waals surface area contributed by atoms with Crippen molar-refractivity contribution in [2.45, 2.75) is 58.4 Å². The molecule has 0 fully saturated rings. The zero-order chi connectivity index (χ0) is 59.9. The number of hydrogen-bond acceptors (Lipinski definition) is 21. The zero-order valence-corrected chi connectivity index (χ0v) is 44.2. The monoisotopic (exact) mass is 1130 g/mol. The number of amides is 10. The number of thiazole rings is 1. The number of aryl methyl sites for hydroxylation is 1. The van der Waals surface area contributed by atoms with Gasteiger partial charge in [0.05, 0.1) is 51.6 Å². The van der Waals surface area contributed by atoms with Gasteiger partial charge < -0.3 is 77.0 Å². The van der Waals surface area contributed by atoms with E-state index in [0.29, 0.717) is 0 Å². The molecule has 0 aliphatic carbocycles. The van der Waals surface area contributed by atoms with Crippen LogP contribution in [0, 0.1) is 6.92 Å². The van der Waals surface area contributed by atoms with Gasteiger partial charge in [0, 0.05) is 10.9 Å². The van der Waals surface area contributed by atoms with Gasteiger partial charge in [0.2, 0.25) is 29.5 Å². The SMILES string of the molecule is C=C(NC(=O)C(=C)NC(=O)c1ccc2c(n1)-c1coc(n1)C(=C)NC(=O)C(=C)NC(=O)c1nc(oc1C)C(=C)NC(=O)C(C(C)(C)O)NC(=O)C(=C)NC(=O)c1coc(n1)/C(=C/C)NC(=O)C(C(C)O)NC(=O)c1csc-2n1)C(N)=O. The van der Waals surface area contributed by atoms with Crippen LogP contribution in [-0.2, 0) is 28.8 Å². The first-order chi connectivity index (χ1) is 38.0. The predicted octanol–water partition coefficient (Wildman–Crippen LogP) is -0.210. The number of aliphatic hydroxyl groups excluding tert-OH is 1. The fourth-order valence-electron chi connectivity index (χ4n) is 6.66. The number of nitrogens with one attached hydrogen (secondary N) is 9. The Hall–Kier alpha value is -10.8. The fourth-order valence-corrected chi connectivity index (χ4v) is 7.48. The third-order valence-electron chi connectivity index (χ3n) is 10.9. The average Bonchev–Trinajstić information content (AvgIpc) is 4.26.